The molecular formula is C7H14ClF3N2O. The lowest BCUT2D eigenvalue weighted by Crippen LogP contribution is -2.43. The van der Waals surface area contributed by atoms with Crippen molar-refractivity contribution in [3.8, 4) is 0 Å². The molecule has 0 aromatic heterocycles. The highest BCUT2D eigenvalue weighted by Gasteiger charge is 2.26. The number of alkyl halides is 3. The van der Waals surface area contributed by atoms with E-state index in [0.717, 1.165) is 0 Å². The molecule has 3 nitrogen and oxygen atoms in total. The van der Waals surface area contributed by atoms with E-state index in [1.165, 1.54) is 0 Å². The second kappa shape index (κ2) is 6.89. The Bertz CT molecular complexity index is 173. The molecule has 14 heavy (non-hydrogen) atoms. The van der Waals surface area contributed by atoms with E-state index in [0.29, 0.717) is 0 Å². The van der Waals surface area contributed by atoms with Gasteiger partial charge < -0.3 is 0 Å². The van der Waals surface area contributed by atoms with Crippen LogP contribution in [0.2, 0.25) is 0 Å². The lowest BCUT2D eigenvalue weighted by atomic mass is 10.1. The fraction of sp³-hybridized carbons (Fsp3) is 0.857. The summed E-state index contributed by atoms with van der Waals surface area (Å²) in [6, 6.07) is 0. The highest BCUT2D eigenvalue weighted by Crippen LogP contribution is 2.11. The number of amides is 1. The third kappa shape index (κ3) is 11.5. The average molecular weight is 235 g/mol. The Labute approximate surface area is 86.8 Å². The number of hydrazine groups is 1. The second-order valence-corrected chi connectivity index (χ2v) is 3.11. The number of halogens is 4. The zero-order chi connectivity index (χ0) is 10.5. The molecule has 0 bridgehead atoms. The minimum atomic E-state index is -4.30. The smallest absolute Gasteiger partial charge is 0.291 e. The zero-order valence-electron chi connectivity index (χ0n) is 7.94. The van der Waals surface area contributed by atoms with Crippen LogP contribution in [0.5, 0.6) is 0 Å². The summed E-state index contributed by atoms with van der Waals surface area (Å²) in [5.41, 5.74) is 3.77. The fourth-order valence-corrected chi connectivity index (χ4v) is 0.665. The summed E-state index contributed by atoms with van der Waals surface area (Å²) in [6.07, 6.45) is -4.09. The van der Waals surface area contributed by atoms with E-state index in [1.807, 2.05) is 19.3 Å². The molecule has 1 amide bonds. The first-order chi connectivity index (χ1) is 5.81. The minimum Gasteiger partial charge on any atom is -0.291 e. The SMILES string of the molecule is CC(C)CC(=O)NNCC(F)(F)F.Cl. The van der Waals surface area contributed by atoms with Gasteiger partial charge in [0.2, 0.25) is 5.91 Å². The molecule has 0 aromatic carbocycles. The molecule has 0 heterocycles. The van der Waals surface area contributed by atoms with Crippen molar-refractivity contribution in [3.05, 3.63) is 0 Å². The minimum absolute atomic E-state index is 0. The van der Waals surface area contributed by atoms with Crippen molar-refractivity contribution in [1.82, 2.24) is 10.9 Å². The molecule has 0 aromatic rings. The topological polar surface area (TPSA) is 41.1 Å². The molecule has 0 saturated carbocycles. The van der Waals surface area contributed by atoms with Crippen molar-refractivity contribution in [2.24, 2.45) is 5.92 Å². The van der Waals surface area contributed by atoms with Crippen molar-refractivity contribution in [2.75, 3.05) is 6.54 Å². The zero-order valence-corrected chi connectivity index (χ0v) is 8.76. The van der Waals surface area contributed by atoms with Crippen LogP contribution in [0.3, 0.4) is 0 Å². The van der Waals surface area contributed by atoms with E-state index < -0.39 is 18.6 Å². The van der Waals surface area contributed by atoms with E-state index in [9.17, 15) is 18.0 Å². The second-order valence-electron chi connectivity index (χ2n) is 3.11. The molecule has 2 N–H and O–H groups in total. The Morgan fingerprint density at radius 3 is 2.21 bits per heavy atom. The van der Waals surface area contributed by atoms with Gasteiger partial charge in [0.1, 0.15) is 6.54 Å². The maximum absolute atomic E-state index is 11.6. The van der Waals surface area contributed by atoms with E-state index in [1.54, 1.807) is 5.43 Å². The van der Waals surface area contributed by atoms with Crippen LogP contribution in [0, 0.1) is 5.92 Å². The molecule has 0 fully saturated rings. The monoisotopic (exact) mass is 234 g/mol. The van der Waals surface area contributed by atoms with E-state index >= 15 is 0 Å². The van der Waals surface area contributed by atoms with Gasteiger partial charge in [-0.25, -0.2) is 5.43 Å². The molecule has 0 saturated heterocycles. The predicted molar refractivity (Wildman–Crippen MR) is 48.9 cm³/mol. The van der Waals surface area contributed by atoms with Crippen molar-refractivity contribution in [1.29, 1.82) is 0 Å². The molecule has 0 spiro atoms. The summed E-state index contributed by atoms with van der Waals surface area (Å²) in [5.74, 6) is -0.299. The summed E-state index contributed by atoms with van der Waals surface area (Å²) in [5, 5.41) is 0. The van der Waals surface area contributed by atoms with Crippen LogP contribution in [0.25, 0.3) is 0 Å². The molecule has 0 radical (unpaired) electrons. The molecule has 0 rings (SSSR count). The van der Waals surface area contributed by atoms with Gasteiger partial charge in [0.15, 0.2) is 0 Å². The first kappa shape index (κ1) is 16.0. The number of nitrogens with one attached hydrogen (secondary N) is 2. The van der Waals surface area contributed by atoms with Crippen LogP contribution in [0.1, 0.15) is 20.3 Å². The van der Waals surface area contributed by atoms with Gasteiger partial charge in [-0.05, 0) is 5.92 Å². The number of hydrogen-bond donors (Lipinski definition) is 2. The average Bonchev–Trinajstić information content (AvgIpc) is 1.81. The van der Waals surface area contributed by atoms with Gasteiger partial charge in [0.25, 0.3) is 0 Å². The van der Waals surface area contributed by atoms with Gasteiger partial charge in [-0.2, -0.15) is 13.2 Å². The Balaban J connectivity index is 0. The number of carbonyl (C=O) groups excluding carboxylic acids is 1. The summed E-state index contributed by atoms with van der Waals surface area (Å²) in [4.78, 5) is 10.8. The van der Waals surface area contributed by atoms with Crippen LogP contribution in [0.4, 0.5) is 13.2 Å². The number of rotatable bonds is 4. The summed E-state index contributed by atoms with van der Waals surface area (Å²) < 4.78 is 34.7. The van der Waals surface area contributed by atoms with Crippen molar-refractivity contribution in [3.63, 3.8) is 0 Å². The van der Waals surface area contributed by atoms with Crippen LogP contribution in [0.15, 0.2) is 0 Å². The molecule has 0 aliphatic rings. The van der Waals surface area contributed by atoms with Crippen LogP contribution >= 0.6 is 12.4 Å². The lowest BCUT2D eigenvalue weighted by molar-refractivity contribution is -0.132. The van der Waals surface area contributed by atoms with Crippen molar-refractivity contribution < 1.29 is 18.0 Å². The molecule has 0 unspecified atom stereocenters. The van der Waals surface area contributed by atoms with Crippen molar-refractivity contribution in [2.45, 2.75) is 26.4 Å². The van der Waals surface area contributed by atoms with Crippen molar-refractivity contribution >= 4 is 18.3 Å². The first-order valence-electron chi connectivity index (χ1n) is 3.89. The molecule has 0 aliphatic carbocycles. The van der Waals surface area contributed by atoms with E-state index in [4.69, 9.17) is 0 Å². The van der Waals surface area contributed by atoms with E-state index in [2.05, 4.69) is 0 Å². The van der Waals surface area contributed by atoms with Crippen LogP contribution < -0.4 is 10.9 Å². The van der Waals surface area contributed by atoms with E-state index in [-0.39, 0.29) is 24.7 Å². The molecule has 7 heteroatoms. The maximum Gasteiger partial charge on any atom is 0.402 e. The third-order valence-corrected chi connectivity index (χ3v) is 1.11. The number of carbonyl (C=O) groups is 1. The summed E-state index contributed by atoms with van der Waals surface area (Å²) in [7, 11) is 0. The first-order valence-corrected chi connectivity index (χ1v) is 3.89. The molecule has 0 aliphatic heterocycles. The van der Waals surface area contributed by atoms with Gasteiger partial charge in [-0.15, -0.1) is 12.4 Å². The molecule has 86 valence electrons. The summed E-state index contributed by atoms with van der Waals surface area (Å²) in [6.45, 7) is 2.41. The maximum atomic E-state index is 11.6. The van der Waals surface area contributed by atoms with Gasteiger partial charge in [0.05, 0.1) is 0 Å². The third-order valence-electron chi connectivity index (χ3n) is 1.11. The predicted octanol–water partition coefficient (Wildman–Crippen LogP) is 1.64. The Kier molecular flexibility index (Phi) is 7.85. The van der Waals surface area contributed by atoms with Gasteiger partial charge >= 0.3 is 6.18 Å². The summed E-state index contributed by atoms with van der Waals surface area (Å²) >= 11 is 0. The highest BCUT2D eigenvalue weighted by molar-refractivity contribution is 5.85. The Morgan fingerprint density at radius 1 is 1.36 bits per heavy atom. The largest absolute Gasteiger partial charge is 0.402 e. The van der Waals surface area contributed by atoms with Crippen LogP contribution in [-0.4, -0.2) is 18.6 Å². The van der Waals surface area contributed by atoms with Gasteiger partial charge in [-0.3, -0.25) is 10.2 Å². The standard InChI is InChI=1S/C7H13F3N2O.ClH/c1-5(2)3-6(13)12-11-4-7(8,9)10;/h5,11H,3-4H2,1-2H3,(H,12,13);1H. The fourth-order valence-electron chi connectivity index (χ4n) is 0.665. The highest BCUT2D eigenvalue weighted by atomic mass is 35.5. The Morgan fingerprint density at radius 2 is 1.86 bits per heavy atom. The lowest BCUT2D eigenvalue weighted by Gasteiger charge is -2.10. The normalized spacial score (nSPS) is 11.0. The van der Waals surface area contributed by atoms with Crippen LogP contribution in [-0.2, 0) is 4.79 Å². The quantitative estimate of drug-likeness (QED) is 0.726. The molecular weight excluding hydrogens is 221 g/mol. The van der Waals surface area contributed by atoms with Gasteiger partial charge in [0, 0.05) is 6.42 Å². The Hall–Kier alpha value is -0.490. The van der Waals surface area contributed by atoms with Gasteiger partial charge in [-0.1, -0.05) is 13.8 Å². The molecule has 0 atom stereocenters. The number of hydrogen-bond acceptors (Lipinski definition) is 2.